The molecule has 3 N–H and O–H groups in total. The Kier molecular flexibility index (Phi) is 4.10. The van der Waals surface area contributed by atoms with Crippen LogP contribution in [-0.4, -0.2) is 34.2 Å². The summed E-state index contributed by atoms with van der Waals surface area (Å²) in [5.74, 6) is 1.50. The summed E-state index contributed by atoms with van der Waals surface area (Å²) in [5, 5.41) is 3.31. The molecule has 1 saturated carbocycles. The number of hydrogen-bond donors (Lipinski definition) is 2. The van der Waals surface area contributed by atoms with Gasteiger partial charge in [-0.15, -0.1) is 11.8 Å². The topological polar surface area (TPSA) is 67.5 Å². The van der Waals surface area contributed by atoms with E-state index in [0.717, 1.165) is 44.3 Å². The third kappa shape index (κ3) is 2.68. The Morgan fingerprint density at radius 2 is 2.13 bits per heavy atom. The second-order valence-corrected chi connectivity index (χ2v) is 8.60. The Labute approximate surface area is 142 Å². The van der Waals surface area contributed by atoms with Crippen LogP contribution in [0.2, 0.25) is 0 Å². The van der Waals surface area contributed by atoms with Gasteiger partial charge in [0.1, 0.15) is 0 Å². The molecule has 3 atom stereocenters. The second kappa shape index (κ2) is 6.10. The normalized spacial score (nSPS) is 41.9. The Balaban J connectivity index is 1.46. The summed E-state index contributed by atoms with van der Waals surface area (Å²) >= 11 is 1.94. The van der Waals surface area contributed by atoms with Gasteiger partial charge in [0.2, 0.25) is 5.91 Å². The molecule has 3 unspecified atom stereocenters. The van der Waals surface area contributed by atoms with Crippen molar-refractivity contribution < 1.29 is 4.79 Å². The van der Waals surface area contributed by atoms with Crippen LogP contribution in [0.15, 0.2) is 29.4 Å². The lowest BCUT2D eigenvalue weighted by molar-refractivity contribution is -0.126. The van der Waals surface area contributed by atoms with Gasteiger partial charge in [-0.05, 0) is 32.1 Å². The van der Waals surface area contributed by atoms with Crippen LogP contribution in [0, 0.1) is 11.8 Å². The summed E-state index contributed by atoms with van der Waals surface area (Å²) in [6.45, 7) is 0. The zero-order valence-corrected chi connectivity index (χ0v) is 14.2. The fourth-order valence-corrected chi connectivity index (χ4v) is 6.25. The van der Waals surface area contributed by atoms with Gasteiger partial charge in [0.25, 0.3) is 0 Å². The highest BCUT2D eigenvalue weighted by Gasteiger charge is 2.54. The van der Waals surface area contributed by atoms with Crippen LogP contribution < -0.4 is 11.1 Å². The van der Waals surface area contributed by atoms with E-state index in [0.29, 0.717) is 12.1 Å². The van der Waals surface area contributed by atoms with E-state index in [4.69, 9.17) is 5.73 Å². The summed E-state index contributed by atoms with van der Waals surface area (Å²) in [7, 11) is 0. The minimum absolute atomic E-state index is 0.0421. The average molecular weight is 331 g/mol. The molecule has 2 aliphatic heterocycles. The zero-order valence-electron chi connectivity index (χ0n) is 13.4. The Bertz CT molecular complexity index is 577. The first-order valence-electron chi connectivity index (χ1n) is 8.78. The van der Waals surface area contributed by atoms with Crippen molar-refractivity contribution in [1.29, 1.82) is 0 Å². The lowest BCUT2D eigenvalue weighted by Gasteiger charge is -2.39. The van der Waals surface area contributed by atoms with E-state index in [-0.39, 0.29) is 22.5 Å². The van der Waals surface area contributed by atoms with E-state index in [2.05, 4.69) is 28.5 Å². The highest BCUT2D eigenvalue weighted by atomic mass is 32.2. The maximum absolute atomic E-state index is 12.9. The van der Waals surface area contributed by atoms with Gasteiger partial charge in [0.05, 0.1) is 10.7 Å². The molecule has 1 spiro atoms. The number of thioether (sulfide) groups is 1. The first kappa shape index (κ1) is 15.5. The summed E-state index contributed by atoms with van der Waals surface area (Å²) < 4.78 is 0.0421. The van der Waals surface area contributed by atoms with Crippen LogP contribution >= 0.6 is 11.8 Å². The minimum atomic E-state index is 0.0421. The molecule has 0 radical (unpaired) electrons. The highest BCUT2D eigenvalue weighted by Crippen LogP contribution is 2.53. The third-order valence-corrected chi connectivity index (χ3v) is 7.57. The number of nitrogens with zero attached hydrogens (tertiary/aromatic N) is 1. The maximum atomic E-state index is 12.9. The van der Waals surface area contributed by atoms with Crippen LogP contribution in [0.25, 0.3) is 0 Å². The zero-order chi connectivity index (χ0) is 15.9. The third-order valence-electron chi connectivity index (χ3n) is 5.86. The lowest BCUT2D eigenvalue weighted by atomic mass is 9.73. The first-order valence-corrected chi connectivity index (χ1v) is 9.76. The van der Waals surface area contributed by atoms with Gasteiger partial charge in [0.15, 0.2) is 0 Å². The van der Waals surface area contributed by atoms with E-state index < -0.39 is 0 Å². The molecular weight excluding hydrogens is 306 g/mol. The minimum Gasteiger partial charge on any atom is -0.353 e. The number of hydrogen-bond acceptors (Lipinski definition) is 4. The predicted molar refractivity (Wildman–Crippen MR) is 95.5 cm³/mol. The van der Waals surface area contributed by atoms with Crippen molar-refractivity contribution >= 4 is 23.4 Å². The van der Waals surface area contributed by atoms with Crippen molar-refractivity contribution in [2.24, 2.45) is 22.6 Å². The van der Waals surface area contributed by atoms with Crippen LogP contribution in [0.3, 0.4) is 0 Å². The Morgan fingerprint density at radius 1 is 1.30 bits per heavy atom. The van der Waals surface area contributed by atoms with Gasteiger partial charge < -0.3 is 11.1 Å². The van der Waals surface area contributed by atoms with Crippen LogP contribution in [0.5, 0.6) is 0 Å². The molecule has 2 aliphatic carbocycles. The average Bonchev–Trinajstić information content (AvgIpc) is 2.95. The van der Waals surface area contributed by atoms with E-state index in [1.807, 2.05) is 18.0 Å². The number of carbonyl (C=O) groups excluding carboxylic acids is 1. The maximum Gasteiger partial charge on any atom is 0.224 e. The molecular formula is C18H25N3OS. The van der Waals surface area contributed by atoms with Gasteiger partial charge in [-0.3, -0.25) is 9.79 Å². The Morgan fingerprint density at radius 3 is 2.96 bits per heavy atom. The van der Waals surface area contributed by atoms with E-state index in [9.17, 15) is 4.79 Å². The first-order chi connectivity index (χ1) is 11.2. The number of nitrogens with one attached hydrogen (secondary N) is 1. The van der Waals surface area contributed by atoms with Crippen LogP contribution in [0.4, 0.5) is 0 Å². The van der Waals surface area contributed by atoms with Gasteiger partial charge in [-0.2, -0.15) is 0 Å². The molecule has 1 saturated heterocycles. The molecule has 2 heterocycles. The molecule has 0 bridgehead atoms. The molecule has 4 aliphatic rings. The number of nitrogens with two attached hydrogens (primary N) is 1. The smallest absolute Gasteiger partial charge is 0.224 e. The van der Waals surface area contributed by atoms with Gasteiger partial charge in [-0.1, -0.05) is 18.2 Å². The van der Waals surface area contributed by atoms with Crippen LogP contribution in [0.1, 0.15) is 38.5 Å². The van der Waals surface area contributed by atoms with Crippen LogP contribution in [-0.2, 0) is 4.79 Å². The van der Waals surface area contributed by atoms with Crippen molar-refractivity contribution in [3.63, 3.8) is 0 Å². The monoisotopic (exact) mass is 331 g/mol. The van der Waals surface area contributed by atoms with Crippen molar-refractivity contribution in [3.05, 3.63) is 24.4 Å². The van der Waals surface area contributed by atoms with E-state index >= 15 is 0 Å². The molecule has 0 aromatic heterocycles. The molecule has 5 heteroatoms. The molecule has 2 fully saturated rings. The molecule has 0 aromatic rings. The van der Waals surface area contributed by atoms with Crippen molar-refractivity contribution in [3.8, 4) is 0 Å². The Hall–Kier alpha value is -1.07. The second-order valence-electron chi connectivity index (χ2n) is 7.25. The lowest BCUT2D eigenvalue weighted by Crippen LogP contribution is -2.48. The fourth-order valence-electron chi connectivity index (χ4n) is 4.47. The van der Waals surface area contributed by atoms with E-state index in [1.165, 1.54) is 5.71 Å². The molecule has 4 rings (SSSR count). The number of carbonyl (C=O) groups is 1. The molecule has 23 heavy (non-hydrogen) atoms. The summed E-state index contributed by atoms with van der Waals surface area (Å²) in [6.07, 6.45) is 14.6. The molecule has 124 valence electrons. The van der Waals surface area contributed by atoms with Gasteiger partial charge >= 0.3 is 0 Å². The standard InChI is InChI=1S/C18H25N3OS/c19-12-4-6-13(7-5-12)21-17(22)14-11-23-18-9-2-1-3-16(18)20-10-8-15(14)18/h1-2,8,10,12-15H,3-7,9,11,19H2,(H,21,22). The summed E-state index contributed by atoms with van der Waals surface area (Å²) in [5.41, 5.74) is 7.23. The molecule has 4 nitrogen and oxygen atoms in total. The summed E-state index contributed by atoms with van der Waals surface area (Å²) in [4.78, 5) is 17.5. The molecule has 0 aromatic carbocycles. The van der Waals surface area contributed by atoms with Crippen molar-refractivity contribution in [1.82, 2.24) is 5.32 Å². The van der Waals surface area contributed by atoms with Crippen molar-refractivity contribution in [2.75, 3.05) is 5.75 Å². The number of aliphatic imine (C=N–C) groups is 1. The summed E-state index contributed by atoms with van der Waals surface area (Å²) in [6, 6.07) is 0.637. The number of allylic oxidation sites excluding steroid dienone is 3. The highest BCUT2D eigenvalue weighted by molar-refractivity contribution is 8.01. The number of amides is 1. The van der Waals surface area contributed by atoms with Crippen molar-refractivity contribution in [2.45, 2.75) is 55.4 Å². The SMILES string of the molecule is NC1CCC(NC(=O)C2CSC34CC=CCC3=NC=CC24)CC1. The van der Waals surface area contributed by atoms with Gasteiger partial charge in [-0.25, -0.2) is 0 Å². The quantitative estimate of drug-likeness (QED) is 0.764. The fraction of sp³-hybridized carbons (Fsp3) is 0.667. The van der Waals surface area contributed by atoms with Gasteiger partial charge in [0, 0.05) is 42.1 Å². The molecule has 1 amide bonds. The van der Waals surface area contributed by atoms with E-state index in [1.54, 1.807) is 0 Å². The predicted octanol–water partition coefficient (Wildman–Crippen LogP) is 2.41. The largest absolute Gasteiger partial charge is 0.353 e. The number of rotatable bonds is 2.